The Morgan fingerprint density at radius 3 is 2.38 bits per heavy atom. The zero-order valence-corrected chi connectivity index (χ0v) is 13.9. The number of benzene rings is 2. The second-order valence-corrected chi connectivity index (χ2v) is 6.12. The normalized spacial score (nSPS) is 13.6. The summed E-state index contributed by atoms with van der Waals surface area (Å²) in [6.45, 7) is 2.53. The van der Waals surface area contributed by atoms with Gasteiger partial charge in [0.2, 0.25) is 0 Å². The molecule has 1 fully saturated rings. The summed E-state index contributed by atoms with van der Waals surface area (Å²) < 4.78 is 5.74. The van der Waals surface area contributed by atoms with Crippen LogP contribution in [0.3, 0.4) is 0 Å². The number of ether oxygens (including phenoxy) is 1. The molecule has 1 aliphatic rings. The fourth-order valence-electron chi connectivity index (χ4n) is 2.64. The summed E-state index contributed by atoms with van der Waals surface area (Å²) in [5.74, 6) is 0.676. The van der Waals surface area contributed by atoms with Crippen LogP contribution in [0.5, 0.6) is 5.75 Å². The average molecular weight is 322 g/mol. The van der Waals surface area contributed by atoms with Gasteiger partial charge in [0.1, 0.15) is 12.4 Å². The van der Waals surface area contributed by atoms with Gasteiger partial charge in [-0.1, -0.05) is 29.8 Å². The first-order valence-corrected chi connectivity index (χ1v) is 8.35. The van der Waals surface area contributed by atoms with Crippen LogP contribution >= 0.6 is 0 Å². The first kappa shape index (κ1) is 16.2. The topological polar surface area (TPSA) is 50.7 Å². The molecule has 0 unspecified atom stereocenters. The lowest BCUT2D eigenvalue weighted by Gasteiger charge is -2.07. The van der Waals surface area contributed by atoms with Crippen LogP contribution in [0.2, 0.25) is 0 Å². The van der Waals surface area contributed by atoms with Crippen molar-refractivity contribution in [2.45, 2.75) is 39.2 Å². The summed E-state index contributed by atoms with van der Waals surface area (Å²) in [5, 5.41) is 4.20. The van der Waals surface area contributed by atoms with E-state index in [1.807, 2.05) is 43.3 Å². The highest BCUT2D eigenvalue weighted by molar-refractivity contribution is 5.95. The first-order valence-electron chi connectivity index (χ1n) is 8.35. The number of amides is 1. The van der Waals surface area contributed by atoms with E-state index < -0.39 is 0 Å². The van der Waals surface area contributed by atoms with Crippen molar-refractivity contribution in [3.05, 3.63) is 65.2 Å². The van der Waals surface area contributed by atoms with Gasteiger partial charge in [0, 0.05) is 11.3 Å². The quantitative estimate of drug-likeness (QED) is 0.837. The maximum Gasteiger partial charge on any atom is 0.271 e. The van der Waals surface area contributed by atoms with Gasteiger partial charge in [-0.25, -0.2) is 5.43 Å². The van der Waals surface area contributed by atoms with Gasteiger partial charge in [-0.3, -0.25) is 4.79 Å². The van der Waals surface area contributed by atoms with E-state index in [2.05, 4.69) is 10.5 Å². The smallest absolute Gasteiger partial charge is 0.271 e. The largest absolute Gasteiger partial charge is 0.489 e. The predicted molar refractivity (Wildman–Crippen MR) is 95.3 cm³/mol. The highest BCUT2D eigenvalue weighted by atomic mass is 16.5. The lowest BCUT2D eigenvalue weighted by molar-refractivity contribution is 0.0954. The van der Waals surface area contributed by atoms with Crippen molar-refractivity contribution in [3.63, 3.8) is 0 Å². The van der Waals surface area contributed by atoms with E-state index in [9.17, 15) is 4.79 Å². The van der Waals surface area contributed by atoms with Gasteiger partial charge in [0.15, 0.2) is 0 Å². The van der Waals surface area contributed by atoms with E-state index in [0.717, 1.165) is 29.9 Å². The molecule has 1 N–H and O–H groups in total. The summed E-state index contributed by atoms with van der Waals surface area (Å²) in [4.78, 5) is 12.1. The number of carbonyl (C=O) groups is 1. The molecule has 4 heteroatoms. The van der Waals surface area contributed by atoms with Crippen molar-refractivity contribution in [1.82, 2.24) is 5.43 Å². The number of hydrazone groups is 1. The van der Waals surface area contributed by atoms with Crippen molar-refractivity contribution in [3.8, 4) is 5.75 Å². The molecule has 0 saturated heterocycles. The minimum Gasteiger partial charge on any atom is -0.489 e. The Morgan fingerprint density at radius 2 is 1.71 bits per heavy atom. The number of nitrogens with one attached hydrogen (secondary N) is 1. The minimum absolute atomic E-state index is 0.166. The molecule has 0 spiro atoms. The SMILES string of the molecule is Cc1ccc(OCc2ccc(C(=O)NN=C3CCCC3)cc2)cc1. The van der Waals surface area contributed by atoms with Gasteiger partial charge in [-0.05, 0) is 62.4 Å². The molecule has 124 valence electrons. The van der Waals surface area contributed by atoms with E-state index >= 15 is 0 Å². The van der Waals surface area contributed by atoms with E-state index in [-0.39, 0.29) is 5.91 Å². The van der Waals surface area contributed by atoms with E-state index in [1.54, 1.807) is 12.1 Å². The summed E-state index contributed by atoms with van der Waals surface area (Å²) in [6, 6.07) is 15.4. The molecule has 0 bridgehead atoms. The zero-order valence-electron chi connectivity index (χ0n) is 13.9. The summed E-state index contributed by atoms with van der Waals surface area (Å²) in [7, 11) is 0. The molecule has 24 heavy (non-hydrogen) atoms. The molecule has 0 atom stereocenters. The molecule has 1 aliphatic carbocycles. The summed E-state index contributed by atoms with van der Waals surface area (Å²) >= 11 is 0. The third kappa shape index (κ3) is 4.44. The van der Waals surface area contributed by atoms with Gasteiger partial charge in [0.25, 0.3) is 5.91 Å². The number of rotatable bonds is 5. The van der Waals surface area contributed by atoms with Gasteiger partial charge in [-0.15, -0.1) is 0 Å². The Kier molecular flexibility index (Phi) is 5.26. The molecule has 3 rings (SSSR count). The second-order valence-electron chi connectivity index (χ2n) is 6.12. The molecule has 2 aromatic rings. The monoisotopic (exact) mass is 322 g/mol. The lowest BCUT2D eigenvalue weighted by Crippen LogP contribution is -2.19. The van der Waals surface area contributed by atoms with Gasteiger partial charge in [-0.2, -0.15) is 5.10 Å². The lowest BCUT2D eigenvalue weighted by atomic mass is 10.1. The van der Waals surface area contributed by atoms with Crippen LogP contribution in [0.25, 0.3) is 0 Å². The molecule has 1 saturated carbocycles. The number of hydrogen-bond acceptors (Lipinski definition) is 3. The Balaban J connectivity index is 1.53. The Morgan fingerprint density at radius 1 is 1.04 bits per heavy atom. The van der Waals surface area contributed by atoms with Crippen LogP contribution < -0.4 is 10.2 Å². The van der Waals surface area contributed by atoms with E-state index in [0.29, 0.717) is 12.2 Å². The number of carbonyl (C=O) groups excluding carboxylic acids is 1. The zero-order chi connectivity index (χ0) is 16.8. The first-order chi connectivity index (χ1) is 11.7. The highest BCUT2D eigenvalue weighted by Gasteiger charge is 2.09. The van der Waals surface area contributed by atoms with Crippen molar-refractivity contribution >= 4 is 11.6 Å². The van der Waals surface area contributed by atoms with Crippen molar-refractivity contribution in [2.24, 2.45) is 5.10 Å². The molecule has 0 heterocycles. The second kappa shape index (κ2) is 7.77. The molecule has 1 amide bonds. The number of aryl methyl sites for hydroxylation is 1. The van der Waals surface area contributed by atoms with Gasteiger partial charge < -0.3 is 4.74 Å². The van der Waals surface area contributed by atoms with Crippen LogP contribution in [0.1, 0.15) is 47.2 Å². The summed E-state index contributed by atoms with van der Waals surface area (Å²) in [5.41, 5.74) is 6.57. The molecular formula is C20H22N2O2. The molecule has 4 nitrogen and oxygen atoms in total. The third-order valence-electron chi connectivity index (χ3n) is 4.14. The van der Waals surface area contributed by atoms with E-state index in [1.165, 1.54) is 18.4 Å². The maximum atomic E-state index is 12.1. The van der Waals surface area contributed by atoms with Crippen LogP contribution in [-0.4, -0.2) is 11.6 Å². The molecule has 2 aromatic carbocycles. The maximum absolute atomic E-state index is 12.1. The molecule has 0 aromatic heterocycles. The van der Waals surface area contributed by atoms with Crippen LogP contribution in [0.4, 0.5) is 0 Å². The van der Waals surface area contributed by atoms with Gasteiger partial charge in [0.05, 0.1) is 0 Å². The van der Waals surface area contributed by atoms with Gasteiger partial charge >= 0.3 is 0 Å². The predicted octanol–water partition coefficient (Wildman–Crippen LogP) is 4.23. The Hall–Kier alpha value is -2.62. The third-order valence-corrected chi connectivity index (χ3v) is 4.14. The van der Waals surface area contributed by atoms with Crippen LogP contribution in [0, 0.1) is 6.92 Å². The number of hydrogen-bond donors (Lipinski definition) is 1. The molecular weight excluding hydrogens is 300 g/mol. The fraction of sp³-hybridized carbons (Fsp3) is 0.300. The highest BCUT2D eigenvalue weighted by Crippen LogP contribution is 2.15. The standard InChI is InChI=1S/C20H22N2O2/c1-15-6-12-19(13-7-15)24-14-16-8-10-17(11-9-16)20(23)22-21-18-4-2-3-5-18/h6-13H,2-5,14H2,1H3,(H,22,23). The van der Waals surface area contributed by atoms with Crippen molar-refractivity contribution in [1.29, 1.82) is 0 Å². The average Bonchev–Trinajstić information content (AvgIpc) is 3.13. The van der Waals surface area contributed by atoms with Crippen molar-refractivity contribution < 1.29 is 9.53 Å². The molecule has 0 radical (unpaired) electrons. The number of nitrogens with zero attached hydrogens (tertiary/aromatic N) is 1. The van der Waals surface area contributed by atoms with Crippen LogP contribution in [-0.2, 0) is 6.61 Å². The van der Waals surface area contributed by atoms with E-state index in [4.69, 9.17) is 4.74 Å². The van der Waals surface area contributed by atoms with Crippen LogP contribution in [0.15, 0.2) is 53.6 Å². The molecule has 0 aliphatic heterocycles. The fourth-order valence-corrected chi connectivity index (χ4v) is 2.64. The summed E-state index contributed by atoms with van der Waals surface area (Å²) in [6.07, 6.45) is 4.33. The van der Waals surface area contributed by atoms with Crippen molar-refractivity contribution in [2.75, 3.05) is 0 Å². The Labute approximate surface area is 142 Å². The Bertz CT molecular complexity index is 710. The minimum atomic E-state index is -0.166.